The standard InChI is InChI=1S/C14H18O3/c1-2-5-12(14(15)16)11-8-3-6-10-7-4-9-17-13(10)11/h3,6,8,12H,2,4-5,7,9H2,1H3,(H,15,16). The summed E-state index contributed by atoms with van der Waals surface area (Å²) in [6.45, 7) is 2.70. The Balaban J connectivity index is 2.39. The number of ether oxygens (including phenoxy) is 1. The minimum atomic E-state index is -0.755. The Morgan fingerprint density at radius 2 is 2.35 bits per heavy atom. The number of fused-ring (bicyclic) bond motifs is 1. The zero-order chi connectivity index (χ0) is 12.3. The fourth-order valence-corrected chi connectivity index (χ4v) is 2.39. The molecule has 3 nitrogen and oxygen atoms in total. The predicted octanol–water partition coefficient (Wildman–Crippen LogP) is 2.98. The molecule has 0 saturated heterocycles. The van der Waals surface area contributed by atoms with Crippen LogP contribution in [-0.4, -0.2) is 17.7 Å². The van der Waals surface area contributed by atoms with Gasteiger partial charge in [0.25, 0.3) is 0 Å². The molecule has 0 fully saturated rings. The summed E-state index contributed by atoms with van der Waals surface area (Å²) >= 11 is 0. The molecule has 1 aromatic carbocycles. The summed E-state index contributed by atoms with van der Waals surface area (Å²) in [6.07, 6.45) is 3.53. The zero-order valence-electron chi connectivity index (χ0n) is 10.1. The molecule has 1 heterocycles. The number of carbonyl (C=O) groups is 1. The second-order valence-electron chi connectivity index (χ2n) is 4.47. The average molecular weight is 234 g/mol. The Labute approximate surface area is 101 Å². The van der Waals surface area contributed by atoms with Crippen molar-refractivity contribution in [1.29, 1.82) is 0 Å². The summed E-state index contributed by atoms with van der Waals surface area (Å²) in [7, 11) is 0. The molecule has 1 aromatic rings. The van der Waals surface area contributed by atoms with E-state index in [0.29, 0.717) is 13.0 Å². The molecule has 3 heteroatoms. The smallest absolute Gasteiger partial charge is 0.311 e. The monoisotopic (exact) mass is 234 g/mol. The minimum Gasteiger partial charge on any atom is -0.493 e. The molecule has 1 atom stereocenters. The van der Waals surface area contributed by atoms with Gasteiger partial charge in [-0.25, -0.2) is 0 Å². The average Bonchev–Trinajstić information content (AvgIpc) is 2.35. The first kappa shape index (κ1) is 12.0. The van der Waals surface area contributed by atoms with Gasteiger partial charge in [0, 0.05) is 5.56 Å². The topological polar surface area (TPSA) is 46.5 Å². The molecule has 1 aliphatic heterocycles. The highest BCUT2D eigenvalue weighted by Gasteiger charge is 2.25. The Kier molecular flexibility index (Phi) is 3.67. The maximum atomic E-state index is 11.3. The maximum absolute atomic E-state index is 11.3. The molecular weight excluding hydrogens is 216 g/mol. The van der Waals surface area contributed by atoms with Crippen molar-refractivity contribution in [2.24, 2.45) is 0 Å². The third-order valence-corrected chi connectivity index (χ3v) is 3.21. The van der Waals surface area contributed by atoms with Crippen molar-refractivity contribution >= 4 is 5.97 Å². The van der Waals surface area contributed by atoms with Gasteiger partial charge >= 0.3 is 5.97 Å². The molecule has 0 aromatic heterocycles. The van der Waals surface area contributed by atoms with Gasteiger partial charge in [0.15, 0.2) is 0 Å². The summed E-state index contributed by atoms with van der Waals surface area (Å²) in [5.41, 5.74) is 1.99. The van der Waals surface area contributed by atoms with Crippen molar-refractivity contribution in [2.45, 2.75) is 38.5 Å². The van der Waals surface area contributed by atoms with Gasteiger partial charge in [-0.3, -0.25) is 4.79 Å². The molecule has 0 aliphatic carbocycles. The van der Waals surface area contributed by atoms with E-state index in [9.17, 15) is 9.90 Å². The van der Waals surface area contributed by atoms with E-state index in [-0.39, 0.29) is 0 Å². The van der Waals surface area contributed by atoms with Crippen LogP contribution in [-0.2, 0) is 11.2 Å². The van der Waals surface area contributed by atoms with Crippen LogP contribution in [0.4, 0.5) is 0 Å². The number of para-hydroxylation sites is 1. The molecule has 0 amide bonds. The lowest BCUT2D eigenvalue weighted by molar-refractivity contribution is -0.139. The number of aryl methyl sites for hydroxylation is 1. The lowest BCUT2D eigenvalue weighted by Crippen LogP contribution is -2.16. The summed E-state index contributed by atoms with van der Waals surface area (Å²) in [5.74, 6) is -0.373. The van der Waals surface area contributed by atoms with Crippen molar-refractivity contribution in [2.75, 3.05) is 6.61 Å². The van der Waals surface area contributed by atoms with E-state index >= 15 is 0 Å². The molecule has 17 heavy (non-hydrogen) atoms. The SMILES string of the molecule is CCCC(C(=O)O)c1cccc2c1OCCC2. The van der Waals surface area contributed by atoms with Crippen molar-refractivity contribution in [3.05, 3.63) is 29.3 Å². The lowest BCUT2D eigenvalue weighted by Gasteiger charge is -2.23. The number of rotatable bonds is 4. The van der Waals surface area contributed by atoms with Gasteiger partial charge in [0.1, 0.15) is 5.75 Å². The van der Waals surface area contributed by atoms with Crippen LogP contribution in [0, 0.1) is 0 Å². The molecule has 1 aliphatic rings. The summed E-state index contributed by atoms with van der Waals surface area (Å²) < 4.78 is 5.67. The molecule has 1 unspecified atom stereocenters. The normalized spacial score (nSPS) is 15.8. The van der Waals surface area contributed by atoms with E-state index in [2.05, 4.69) is 0 Å². The van der Waals surface area contributed by atoms with Gasteiger partial charge < -0.3 is 9.84 Å². The molecule has 1 N–H and O–H groups in total. The first-order valence-electron chi connectivity index (χ1n) is 6.21. The number of hydrogen-bond donors (Lipinski definition) is 1. The molecule has 0 saturated carbocycles. The number of hydrogen-bond acceptors (Lipinski definition) is 2. The van der Waals surface area contributed by atoms with Crippen LogP contribution in [0.1, 0.15) is 43.2 Å². The third-order valence-electron chi connectivity index (χ3n) is 3.21. The van der Waals surface area contributed by atoms with Crippen LogP contribution in [0.15, 0.2) is 18.2 Å². The first-order chi connectivity index (χ1) is 8.24. The van der Waals surface area contributed by atoms with Gasteiger partial charge in [-0.05, 0) is 24.8 Å². The number of carboxylic acids is 1. The van der Waals surface area contributed by atoms with Crippen molar-refractivity contribution < 1.29 is 14.6 Å². The van der Waals surface area contributed by atoms with Crippen LogP contribution in [0.3, 0.4) is 0 Å². The number of carboxylic acid groups (broad SMARTS) is 1. The third kappa shape index (κ3) is 2.43. The molecular formula is C14H18O3. The fourth-order valence-electron chi connectivity index (χ4n) is 2.39. The van der Waals surface area contributed by atoms with Crippen molar-refractivity contribution in [3.8, 4) is 5.75 Å². The van der Waals surface area contributed by atoms with E-state index < -0.39 is 11.9 Å². The van der Waals surface area contributed by atoms with Gasteiger partial charge in [-0.1, -0.05) is 31.5 Å². The lowest BCUT2D eigenvalue weighted by atomic mass is 9.90. The van der Waals surface area contributed by atoms with Crippen molar-refractivity contribution in [1.82, 2.24) is 0 Å². The summed E-state index contributed by atoms with van der Waals surface area (Å²) in [4.78, 5) is 11.3. The van der Waals surface area contributed by atoms with Crippen LogP contribution < -0.4 is 4.74 Å². The molecule has 0 radical (unpaired) electrons. The fraction of sp³-hybridized carbons (Fsp3) is 0.500. The van der Waals surface area contributed by atoms with E-state index in [1.807, 2.05) is 25.1 Å². The highest BCUT2D eigenvalue weighted by molar-refractivity contribution is 5.77. The van der Waals surface area contributed by atoms with Gasteiger partial charge in [0.05, 0.1) is 12.5 Å². The second kappa shape index (κ2) is 5.21. The van der Waals surface area contributed by atoms with Crippen molar-refractivity contribution in [3.63, 3.8) is 0 Å². The maximum Gasteiger partial charge on any atom is 0.311 e. The highest BCUT2D eigenvalue weighted by Crippen LogP contribution is 2.35. The Morgan fingerprint density at radius 3 is 3.06 bits per heavy atom. The quantitative estimate of drug-likeness (QED) is 0.871. The van der Waals surface area contributed by atoms with E-state index in [0.717, 1.165) is 36.1 Å². The van der Waals surface area contributed by atoms with Crippen LogP contribution in [0.25, 0.3) is 0 Å². The van der Waals surface area contributed by atoms with Gasteiger partial charge in [-0.2, -0.15) is 0 Å². The van der Waals surface area contributed by atoms with Crippen LogP contribution >= 0.6 is 0 Å². The zero-order valence-corrected chi connectivity index (χ0v) is 10.1. The van der Waals surface area contributed by atoms with Gasteiger partial charge in [-0.15, -0.1) is 0 Å². The number of benzene rings is 1. The molecule has 92 valence electrons. The minimum absolute atomic E-state index is 0.437. The van der Waals surface area contributed by atoms with Crippen LogP contribution in [0.5, 0.6) is 5.75 Å². The largest absolute Gasteiger partial charge is 0.493 e. The second-order valence-corrected chi connectivity index (χ2v) is 4.47. The Bertz CT molecular complexity index is 412. The first-order valence-corrected chi connectivity index (χ1v) is 6.21. The molecule has 2 rings (SSSR count). The van der Waals surface area contributed by atoms with E-state index in [4.69, 9.17) is 4.74 Å². The van der Waals surface area contributed by atoms with Gasteiger partial charge in [0.2, 0.25) is 0 Å². The predicted molar refractivity (Wildman–Crippen MR) is 65.5 cm³/mol. The van der Waals surface area contributed by atoms with E-state index in [1.54, 1.807) is 0 Å². The summed E-state index contributed by atoms with van der Waals surface area (Å²) in [6, 6.07) is 5.86. The molecule has 0 bridgehead atoms. The molecule has 0 spiro atoms. The highest BCUT2D eigenvalue weighted by atomic mass is 16.5. The number of aliphatic carboxylic acids is 1. The van der Waals surface area contributed by atoms with Crippen LogP contribution in [0.2, 0.25) is 0 Å². The Morgan fingerprint density at radius 1 is 1.53 bits per heavy atom. The summed E-state index contributed by atoms with van der Waals surface area (Å²) in [5, 5.41) is 9.30. The Hall–Kier alpha value is -1.51. The van der Waals surface area contributed by atoms with E-state index in [1.165, 1.54) is 0 Å².